The molecule has 0 rings (SSSR count). The van der Waals surface area contributed by atoms with Crippen LogP contribution in [0.3, 0.4) is 0 Å². The van der Waals surface area contributed by atoms with Gasteiger partial charge in [0.15, 0.2) is 0 Å². The molecule has 0 saturated heterocycles. The average molecular weight is 255 g/mol. The first kappa shape index (κ1) is 4.35. The Labute approximate surface area is 38.7 Å². The van der Waals surface area contributed by atoms with E-state index in [1.807, 2.05) is 0 Å². The van der Waals surface area contributed by atoms with Crippen molar-refractivity contribution in [1.82, 2.24) is 0 Å². The molecule has 0 aliphatic heterocycles. The Bertz CT molecular complexity index is 29.0. The van der Waals surface area contributed by atoms with E-state index in [9.17, 15) is 0 Å². The third kappa shape index (κ3) is 34.6. The van der Waals surface area contributed by atoms with Crippen molar-refractivity contribution in [2.75, 3.05) is 0 Å². The first-order valence-corrected chi connectivity index (χ1v) is 2.09. The van der Waals surface area contributed by atoms with Crippen LogP contribution in [0.4, 0.5) is 4.79 Å². The molecular formula is CHAtO2. The van der Waals surface area contributed by atoms with Gasteiger partial charge in [-0.3, -0.25) is 0 Å². The Balaban J connectivity index is 2.80. The first-order valence-electron chi connectivity index (χ1n) is 0.617. The van der Waals surface area contributed by atoms with Crippen LogP contribution >= 0.6 is 0 Å². The zero-order valence-electron chi connectivity index (χ0n) is 1.73. The second-order valence-electron chi connectivity index (χ2n) is 0.253. The molecule has 0 bridgehead atoms. The van der Waals surface area contributed by atoms with Crippen molar-refractivity contribution >= 4 is 3.68 Å². The summed E-state index contributed by atoms with van der Waals surface area (Å²) in [6.45, 7) is 0. The fraction of sp³-hybridized carbons (Fsp3) is 0. The number of carbonyl (C=O) groups is 1. The SMILES string of the molecule is O=C(O)[At]. The van der Waals surface area contributed by atoms with Gasteiger partial charge in [-0.1, -0.05) is 0 Å². The number of rotatable bonds is 0. The van der Waals surface area contributed by atoms with Crippen LogP contribution in [-0.2, 0) is 0 Å². The van der Waals surface area contributed by atoms with Crippen molar-refractivity contribution in [2.45, 2.75) is 0 Å². The van der Waals surface area contributed by atoms with Gasteiger partial charge in [0.25, 0.3) is 0 Å². The Morgan fingerprint density at radius 3 is 2.00 bits per heavy atom. The Morgan fingerprint density at radius 2 is 2.00 bits per heavy atom. The Morgan fingerprint density at radius 1 is 2.00 bits per heavy atom. The summed E-state index contributed by atoms with van der Waals surface area (Å²) in [6.07, 6.45) is 0. The molecule has 0 aromatic carbocycles. The van der Waals surface area contributed by atoms with Gasteiger partial charge in [-0.2, -0.15) is 0 Å². The minimum absolute atomic E-state index is 0.756. The second-order valence-corrected chi connectivity index (χ2v) is 1.51. The van der Waals surface area contributed by atoms with Crippen LogP contribution in [0.2, 0.25) is 0 Å². The van der Waals surface area contributed by atoms with Gasteiger partial charge in [0.2, 0.25) is 0 Å². The van der Waals surface area contributed by atoms with Gasteiger partial charge >= 0.3 is 38.3 Å². The van der Waals surface area contributed by atoms with Crippen LogP contribution in [0.25, 0.3) is 0 Å². The predicted molar refractivity (Wildman–Crippen MR) is 8.02 cm³/mol. The summed E-state index contributed by atoms with van der Waals surface area (Å²) in [5, 5.41) is 7.44. The first-order chi connectivity index (χ1) is 1.73. The zero-order chi connectivity index (χ0) is 3.58. The molecule has 2 nitrogen and oxygen atoms in total. The maximum absolute atomic E-state index is 9.02. The molecule has 0 atom stereocenters. The normalized spacial score (nSPS) is 6.25. The van der Waals surface area contributed by atoms with Gasteiger partial charge in [-0.25, -0.2) is 0 Å². The fourth-order valence-corrected chi connectivity index (χ4v) is 0. The van der Waals surface area contributed by atoms with Gasteiger partial charge < -0.3 is 0 Å². The molecule has 0 radical (unpaired) electrons. The molecule has 0 aromatic rings. The average Bonchev–Trinajstić information content (AvgIpc) is 0.811. The molecule has 0 unspecified atom stereocenters. The van der Waals surface area contributed by atoms with E-state index in [1.165, 1.54) is 0 Å². The van der Waals surface area contributed by atoms with Gasteiger partial charge in [-0.05, 0) is 0 Å². The fourth-order valence-electron chi connectivity index (χ4n) is 0. The molecule has 0 fully saturated rings. The summed E-state index contributed by atoms with van der Waals surface area (Å²) in [5.41, 5.74) is 0. The molecule has 0 saturated carbocycles. The molecule has 0 aliphatic carbocycles. The van der Waals surface area contributed by atoms with Gasteiger partial charge in [0.1, 0.15) is 0 Å². The molecule has 0 amide bonds. The quantitative estimate of drug-likeness (QED) is 0.672. The van der Waals surface area contributed by atoms with E-state index in [0.717, 1.165) is 24.7 Å². The molecule has 4 heavy (non-hydrogen) atoms. The van der Waals surface area contributed by atoms with E-state index in [2.05, 4.69) is 0 Å². The summed E-state index contributed by atoms with van der Waals surface area (Å²) in [4.78, 5) is 9.02. The Hall–Kier alpha value is 0.353. The van der Waals surface area contributed by atoms with E-state index >= 15 is 0 Å². The van der Waals surface area contributed by atoms with Crippen molar-refractivity contribution in [3.8, 4) is 0 Å². The third-order valence-electron chi connectivity index (χ3n) is 0. The van der Waals surface area contributed by atoms with Crippen molar-refractivity contribution in [3.05, 3.63) is 0 Å². The van der Waals surface area contributed by atoms with Crippen LogP contribution in [0.15, 0.2) is 0 Å². The molecule has 24 valence electrons. The van der Waals surface area contributed by atoms with E-state index in [-0.39, 0.29) is 0 Å². The van der Waals surface area contributed by atoms with E-state index in [4.69, 9.17) is 9.90 Å². The molecular weight excluding hydrogens is 254 g/mol. The molecule has 0 spiro atoms. The van der Waals surface area contributed by atoms with Gasteiger partial charge in [0.05, 0.1) is 0 Å². The Kier molecular flexibility index (Phi) is 1.80. The van der Waals surface area contributed by atoms with Crippen molar-refractivity contribution in [1.29, 1.82) is 0 Å². The summed E-state index contributed by atoms with van der Waals surface area (Å²) in [5.74, 6) is 0. The predicted octanol–water partition coefficient (Wildman–Crippen LogP) is 0.214. The van der Waals surface area contributed by atoms with Gasteiger partial charge in [-0.15, -0.1) is 0 Å². The van der Waals surface area contributed by atoms with Crippen molar-refractivity contribution in [2.24, 2.45) is 0 Å². The van der Waals surface area contributed by atoms with Crippen molar-refractivity contribution in [3.63, 3.8) is 0 Å². The molecule has 0 aliphatic rings. The van der Waals surface area contributed by atoms with E-state index < -0.39 is 3.68 Å². The summed E-state index contributed by atoms with van der Waals surface area (Å²) in [6, 6.07) is 0. The molecule has 0 heterocycles. The summed E-state index contributed by atoms with van der Waals surface area (Å²) in [7, 11) is 0. The summed E-state index contributed by atoms with van der Waals surface area (Å²) >= 11 is 0.756. The monoisotopic (exact) mass is 255 g/mol. The summed E-state index contributed by atoms with van der Waals surface area (Å²) < 4.78 is -0.778. The van der Waals surface area contributed by atoms with Crippen molar-refractivity contribution < 1.29 is 34.6 Å². The van der Waals surface area contributed by atoms with E-state index in [0.29, 0.717) is 0 Å². The van der Waals surface area contributed by atoms with E-state index in [1.54, 1.807) is 0 Å². The van der Waals surface area contributed by atoms with Gasteiger partial charge in [0, 0.05) is 0 Å². The van der Waals surface area contributed by atoms with Crippen LogP contribution in [0, 0.1) is 24.7 Å². The molecule has 0 aromatic heterocycles. The zero-order valence-corrected chi connectivity index (χ0v) is 4.67. The van der Waals surface area contributed by atoms with Crippen LogP contribution < -0.4 is 0 Å². The molecule has 1 N–H and O–H groups in total. The number of carboxylic acid groups (broad SMARTS) is 1. The maximum atomic E-state index is 9.02. The minimum atomic E-state index is -0.778. The number of hydrogen-bond donors (Lipinski definition) is 1. The number of hydrogen-bond acceptors (Lipinski definition) is 1. The second kappa shape index (κ2) is 1.65. The van der Waals surface area contributed by atoms with Crippen LogP contribution in [0.5, 0.6) is 0 Å². The topological polar surface area (TPSA) is 37.3 Å². The standard InChI is InChI=1S/CHAtO2/c2-1(3)4/h(H,3,4). The molecule has 3 heteroatoms. The third-order valence-corrected chi connectivity index (χ3v) is 0. The van der Waals surface area contributed by atoms with Crippen LogP contribution in [-0.4, -0.2) is 8.78 Å². The van der Waals surface area contributed by atoms with Crippen LogP contribution in [0.1, 0.15) is 0 Å².